The van der Waals surface area contributed by atoms with Crippen LogP contribution in [0.4, 0.5) is 15.8 Å². The molecule has 1 aliphatic heterocycles. The molecule has 0 aliphatic carbocycles. The molecule has 118 valence electrons. The van der Waals surface area contributed by atoms with Crippen molar-refractivity contribution in [2.45, 2.75) is 16.6 Å². The lowest BCUT2D eigenvalue weighted by Gasteiger charge is -2.23. The van der Waals surface area contributed by atoms with Crippen molar-refractivity contribution in [2.75, 3.05) is 10.6 Å². The number of anilines is 2. The lowest BCUT2D eigenvalue weighted by atomic mass is 10.2. The molecule has 0 bridgehead atoms. The molecule has 2 N–H and O–H groups in total. The Labute approximate surface area is 141 Å². The Morgan fingerprint density at radius 1 is 1.30 bits per heavy atom. The van der Waals surface area contributed by atoms with Crippen molar-refractivity contribution < 1.29 is 14.0 Å². The molecule has 7 heteroatoms. The van der Waals surface area contributed by atoms with Crippen molar-refractivity contribution in [2.24, 2.45) is 0 Å². The second kappa shape index (κ2) is 6.60. The average molecular weight is 351 g/mol. The summed E-state index contributed by atoms with van der Waals surface area (Å²) in [5.74, 6) is -1.03. The summed E-state index contributed by atoms with van der Waals surface area (Å²) >= 11 is 7.20. The van der Waals surface area contributed by atoms with Gasteiger partial charge >= 0.3 is 0 Å². The second-order valence-electron chi connectivity index (χ2n) is 5.00. The molecule has 0 aromatic heterocycles. The van der Waals surface area contributed by atoms with Crippen molar-refractivity contribution in [1.29, 1.82) is 0 Å². The summed E-state index contributed by atoms with van der Waals surface area (Å²) in [7, 11) is 0. The minimum atomic E-state index is -0.544. The van der Waals surface area contributed by atoms with E-state index in [1.807, 2.05) is 0 Å². The zero-order valence-electron chi connectivity index (χ0n) is 11.8. The first kappa shape index (κ1) is 15.8. The Morgan fingerprint density at radius 3 is 2.91 bits per heavy atom. The molecule has 3 rings (SSSR count). The maximum absolute atomic E-state index is 13.1. The molecule has 4 nitrogen and oxygen atoms in total. The maximum Gasteiger partial charge on any atom is 0.238 e. The van der Waals surface area contributed by atoms with E-state index < -0.39 is 11.1 Å². The van der Waals surface area contributed by atoms with Gasteiger partial charge in [0.2, 0.25) is 11.8 Å². The van der Waals surface area contributed by atoms with E-state index in [1.165, 1.54) is 30.0 Å². The van der Waals surface area contributed by atoms with Crippen LogP contribution in [0.3, 0.4) is 0 Å². The minimum Gasteiger partial charge on any atom is -0.326 e. The molecule has 1 heterocycles. The zero-order valence-corrected chi connectivity index (χ0v) is 13.4. The minimum absolute atomic E-state index is 0.00488. The third kappa shape index (κ3) is 3.83. The van der Waals surface area contributed by atoms with Crippen molar-refractivity contribution in [3.05, 3.63) is 53.3 Å². The number of carbonyl (C=O) groups excluding carboxylic acids is 2. The molecule has 0 radical (unpaired) electrons. The standard InChI is InChI=1S/C16H12ClFN2O2S/c17-9-4-5-13-12(6-9)20-16(22)14(23-13)8-15(21)19-11-3-1-2-10(18)7-11/h1-7,14H,8H2,(H,19,21)(H,20,22). The molecule has 0 spiro atoms. The summed E-state index contributed by atoms with van der Waals surface area (Å²) in [5, 5.41) is 5.33. The number of benzene rings is 2. The van der Waals surface area contributed by atoms with E-state index >= 15 is 0 Å². The van der Waals surface area contributed by atoms with E-state index in [1.54, 1.807) is 24.3 Å². The summed E-state index contributed by atoms with van der Waals surface area (Å²) in [4.78, 5) is 25.0. The van der Waals surface area contributed by atoms with Crippen LogP contribution in [0.5, 0.6) is 0 Å². The highest BCUT2D eigenvalue weighted by Gasteiger charge is 2.29. The van der Waals surface area contributed by atoms with Gasteiger partial charge in [-0.25, -0.2) is 4.39 Å². The predicted octanol–water partition coefficient (Wildman–Crippen LogP) is 3.92. The highest BCUT2D eigenvalue weighted by molar-refractivity contribution is 8.01. The lowest BCUT2D eigenvalue weighted by Crippen LogP contribution is -2.32. The molecule has 1 unspecified atom stereocenters. The van der Waals surface area contributed by atoms with Gasteiger partial charge in [-0.2, -0.15) is 0 Å². The highest BCUT2D eigenvalue weighted by Crippen LogP contribution is 2.38. The van der Waals surface area contributed by atoms with Crippen LogP contribution in [-0.4, -0.2) is 17.1 Å². The van der Waals surface area contributed by atoms with Gasteiger partial charge in [-0.05, 0) is 36.4 Å². The Hall–Kier alpha value is -2.05. The Balaban J connectivity index is 1.67. The fraction of sp³-hybridized carbons (Fsp3) is 0.125. The van der Waals surface area contributed by atoms with Gasteiger partial charge in [0.25, 0.3) is 0 Å². The van der Waals surface area contributed by atoms with Crippen LogP contribution >= 0.6 is 23.4 Å². The van der Waals surface area contributed by atoms with Gasteiger partial charge in [-0.3, -0.25) is 9.59 Å². The second-order valence-corrected chi connectivity index (χ2v) is 6.68. The number of nitrogens with one attached hydrogen (secondary N) is 2. The van der Waals surface area contributed by atoms with Crippen molar-refractivity contribution in [1.82, 2.24) is 0 Å². The number of amides is 2. The van der Waals surface area contributed by atoms with Gasteiger partial charge in [-0.1, -0.05) is 17.7 Å². The van der Waals surface area contributed by atoms with E-state index in [-0.39, 0.29) is 18.2 Å². The topological polar surface area (TPSA) is 58.2 Å². The third-order valence-corrected chi connectivity index (χ3v) is 4.75. The van der Waals surface area contributed by atoms with Crippen LogP contribution in [0.25, 0.3) is 0 Å². The molecule has 0 fully saturated rings. The fourth-order valence-corrected chi connectivity index (χ4v) is 3.47. The van der Waals surface area contributed by atoms with Crippen LogP contribution in [0, 0.1) is 5.82 Å². The number of halogens is 2. The molecule has 2 aromatic carbocycles. The Bertz CT molecular complexity index is 784. The number of rotatable bonds is 3. The van der Waals surface area contributed by atoms with Crippen molar-refractivity contribution in [3.63, 3.8) is 0 Å². The molecule has 2 amide bonds. The van der Waals surface area contributed by atoms with Crippen molar-refractivity contribution >= 4 is 46.6 Å². The first-order chi connectivity index (χ1) is 11.0. The van der Waals surface area contributed by atoms with Crippen LogP contribution in [-0.2, 0) is 9.59 Å². The van der Waals surface area contributed by atoms with Gasteiger partial charge in [0, 0.05) is 22.0 Å². The monoisotopic (exact) mass is 350 g/mol. The quantitative estimate of drug-likeness (QED) is 0.882. The van der Waals surface area contributed by atoms with E-state index in [2.05, 4.69) is 10.6 Å². The molecule has 23 heavy (non-hydrogen) atoms. The molecule has 1 aliphatic rings. The Kier molecular flexibility index (Phi) is 4.54. The lowest BCUT2D eigenvalue weighted by molar-refractivity contribution is -0.120. The Morgan fingerprint density at radius 2 is 2.13 bits per heavy atom. The number of fused-ring (bicyclic) bond motifs is 1. The summed E-state index contributed by atoms with van der Waals surface area (Å²) in [6.45, 7) is 0. The molecular formula is C16H12ClFN2O2S. The summed E-state index contributed by atoms with van der Waals surface area (Å²) < 4.78 is 13.1. The maximum atomic E-state index is 13.1. The van der Waals surface area contributed by atoms with E-state index in [0.717, 1.165) is 4.90 Å². The normalized spacial score (nSPS) is 16.4. The molecule has 0 saturated carbocycles. The fourth-order valence-electron chi connectivity index (χ4n) is 2.20. The first-order valence-corrected chi connectivity index (χ1v) is 8.09. The summed E-state index contributed by atoms with van der Waals surface area (Å²) in [5.41, 5.74) is 1.01. The van der Waals surface area contributed by atoms with Gasteiger partial charge in [0.1, 0.15) is 5.82 Å². The summed E-state index contributed by atoms with van der Waals surface area (Å²) in [6.07, 6.45) is -0.00488. The number of hydrogen-bond donors (Lipinski definition) is 2. The third-order valence-electron chi connectivity index (χ3n) is 3.24. The molecule has 0 saturated heterocycles. The van der Waals surface area contributed by atoms with E-state index in [4.69, 9.17) is 11.6 Å². The zero-order chi connectivity index (χ0) is 16.4. The van der Waals surface area contributed by atoms with E-state index in [9.17, 15) is 14.0 Å². The van der Waals surface area contributed by atoms with Crippen LogP contribution in [0.1, 0.15) is 6.42 Å². The first-order valence-electron chi connectivity index (χ1n) is 6.84. The van der Waals surface area contributed by atoms with Gasteiger partial charge in [0.05, 0.1) is 10.9 Å². The van der Waals surface area contributed by atoms with Crippen molar-refractivity contribution in [3.8, 4) is 0 Å². The number of hydrogen-bond acceptors (Lipinski definition) is 3. The van der Waals surface area contributed by atoms with E-state index in [0.29, 0.717) is 16.4 Å². The number of carbonyl (C=O) groups is 2. The molecular weight excluding hydrogens is 339 g/mol. The van der Waals surface area contributed by atoms with Gasteiger partial charge < -0.3 is 10.6 Å². The smallest absolute Gasteiger partial charge is 0.238 e. The molecule has 1 atom stereocenters. The SMILES string of the molecule is O=C(CC1Sc2ccc(Cl)cc2NC1=O)Nc1cccc(F)c1. The van der Waals surface area contributed by atoms with Crippen LogP contribution < -0.4 is 10.6 Å². The van der Waals surface area contributed by atoms with Crippen LogP contribution in [0.15, 0.2) is 47.4 Å². The predicted molar refractivity (Wildman–Crippen MR) is 89.4 cm³/mol. The van der Waals surface area contributed by atoms with Crippen LogP contribution in [0.2, 0.25) is 5.02 Å². The molecule has 2 aromatic rings. The largest absolute Gasteiger partial charge is 0.326 e. The number of thioether (sulfide) groups is 1. The highest BCUT2D eigenvalue weighted by atomic mass is 35.5. The van der Waals surface area contributed by atoms with Gasteiger partial charge in [-0.15, -0.1) is 11.8 Å². The van der Waals surface area contributed by atoms with Gasteiger partial charge in [0.15, 0.2) is 0 Å². The summed E-state index contributed by atoms with van der Waals surface area (Å²) in [6, 6.07) is 10.8. The average Bonchev–Trinajstić information content (AvgIpc) is 2.48.